The first kappa shape index (κ1) is 20.7. The molecule has 2 aromatic rings. The minimum atomic E-state index is -3.86. The standard InChI is InChI=1S/C19H19ClFNO5S/c1-13(15-4-2-3-5-17(15)20)27-19(23)16-12-14(6-7-18(16)21)28(24,25)22-8-10-26-11-9-22/h2-7,12-13H,8-11H2,1H3. The van der Waals surface area contributed by atoms with Gasteiger partial charge < -0.3 is 9.47 Å². The van der Waals surface area contributed by atoms with E-state index in [0.29, 0.717) is 10.6 Å². The van der Waals surface area contributed by atoms with E-state index in [4.69, 9.17) is 21.1 Å². The monoisotopic (exact) mass is 427 g/mol. The lowest BCUT2D eigenvalue weighted by atomic mass is 10.1. The van der Waals surface area contributed by atoms with Gasteiger partial charge in [0.05, 0.1) is 23.7 Å². The highest BCUT2D eigenvalue weighted by molar-refractivity contribution is 7.89. The van der Waals surface area contributed by atoms with E-state index in [2.05, 4.69) is 0 Å². The summed E-state index contributed by atoms with van der Waals surface area (Å²) in [7, 11) is -3.86. The van der Waals surface area contributed by atoms with Crippen LogP contribution in [-0.2, 0) is 19.5 Å². The molecule has 1 heterocycles. The second-order valence-electron chi connectivity index (χ2n) is 6.23. The molecular weight excluding hydrogens is 409 g/mol. The van der Waals surface area contributed by atoms with E-state index in [1.54, 1.807) is 31.2 Å². The summed E-state index contributed by atoms with van der Waals surface area (Å²) in [6.45, 7) is 2.56. The summed E-state index contributed by atoms with van der Waals surface area (Å²) in [6.07, 6.45) is -0.736. The molecule has 0 N–H and O–H groups in total. The number of hydrogen-bond acceptors (Lipinski definition) is 5. The number of esters is 1. The molecule has 2 aromatic carbocycles. The van der Waals surface area contributed by atoms with Crippen LogP contribution < -0.4 is 0 Å². The Balaban J connectivity index is 1.85. The predicted octanol–water partition coefficient (Wildman–Crippen LogP) is 3.42. The van der Waals surface area contributed by atoms with Gasteiger partial charge in [-0.25, -0.2) is 17.6 Å². The lowest BCUT2D eigenvalue weighted by molar-refractivity contribution is 0.0332. The van der Waals surface area contributed by atoms with Crippen LogP contribution in [0.5, 0.6) is 0 Å². The van der Waals surface area contributed by atoms with E-state index in [1.165, 1.54) is 4.31 Å². The van der Waals surface area contributed by atoms with E-state index < -0.39 is 33.5 Å². The van der Waals surface area contributed by atoms with Crippen LogP contribution in [0, 0.1) is 5.82 Å². The molecule has 3 rings (SSSR count). The third kappa shape index (κ3) is 4.35. The van der Waals surface area contributed by atoms with Crippen molar-refractivity contribution >= 4 is 27.6 Å². The van der Waals surface area contributed by atoms with Crippen LogP contribution in [0.1, 0.15) is 28.9 Å². The van der Waals surface area contributed by atoms with Crippen molar-refractivity contribution in [2.24, 2.45) is 0 Å². The van der Waals surface area contributed by atoms with Crippen molar-refractivity contribution in [1.82, 2.24) is 4.31 Å². The molecule has 0 bridgehead atoms. The molecule has 1 aliphatic heterocycles. The molecule has 150 valence electrons. The van der Waals surface area contributed by atoms with Gasteiger partial charge in [0.1, 0.15) is 11.9 Å². The van der Waals surface area contributed by atoms with E-state index in [1.807, 2.05) is 0 Å². The Kier molecular flexibility index (Phi) is 6.34. The average Bonchev–Trinajstić information content (AvgIpc) is 2.69. The third-order valence-corrected chi connectivity index (χ3v) is 6.63. The highest BCUT2D eigenvalue weighted by Crippen LogP contribution is 2.27. The molecule has 0 aliphatic carbocycles. The summed E-state index contributed by atoms with van der Waals surface area (Å²) in [4.78, 5) is 12.3. The highest BCUT2D eigenvalue weighted by atomic mass is 35.5. The van der Waals surface area contributed by atoms with Crippen molar-refractivity contribution in [1.29, 1.82) is 0 Å². The number of hydrogen-bond donors (Lipinski definition) is 0. The molecule has 0 amide bonds. The quantitative estimate of drug-likeness (QED) is 0.683. The van der Waals surface area contributed by atoms with Gasteiger partial charge in [-0.2, -0.15) is 4.31 Å². The molecule has 1 unspecified atom stereocenters. The maximum Gasteiger partial charge on any atom is 0.341 e. The van der Waals surface area contributed by atoms with Gasteiger partial charge in [0, 0.05) is 23.7 Å². The number of sulfonamides is 1. The smallest absolute Gasteiger partial charge is 0.341 e. The van der Waals surface area contributed by atoms with Crippen LogP contribution >= 0.6 is 11.6 Å². The normalized spacial score (nSPS) is 16.5. The first-order chi connectivity index (χ1) is 13.3. The summed E-state index contributed by atoms with van der Waals surface area (Å²) in [5.41, 5.74) is 0.114. The fraction of sp³-hybridized carbons (Fsp3) is 0.316. The van der Waals surface area contributed by atoms with Crippen molar-refractivity contribution < 1.29 is 27.1 Å². The van der Waals surface area contributed by atoms with Gasteiger partial charge in [-0.15, -0.1) is 0 Å². The third-order valence-electron chi connectivity index (χ3n) is 4.39. The maximum absolute atomic E-state index is 14.2. The number of nitrogens with zero attached hydrogens (tertiary/aromatic N) is 1. The average molecular weight is 428 g/mol. The SMILES string of the molecule is CC(OC(=O)c1cc(S(=O)(=O)N2CCOCC2)ccc1F)c1ccccc1Cl. The number of carbonyl (C=O) groups excluding carboxylic acids is 1. The van der Waals surface area contributed by atoms with Gasteiger partial charge in [-0.3, -0.25) is 0 Å². The van der Waals surface area contributed by atoms with Gasteiger partial charge >= 0.3 is 5.97 Å². The zero-order valence-corrected chi connectivity index (χ0v) is 16.7. The zero-order valence-electron chi connectivity index (χ0n) is 15.1. The Hall–Kier alpha value is -2.00. The molecule has 0 radical (unpaired) electrons. The fourth-order valence-corrected chi connectivity index (χ4v) is 4.57. The summed E-state index contributed by atoms with van der Waals surface area (Å²) >= 11 is 6.09. The molecule has 1 saturated heterocycles. The Bertz CT molecular complexity index is 976. The summed E-state index contributed by atoms with van der Waals surface area (Å²) in [5.74, 6) is -1.83. The summed E-state index contributed by atoms with van der Waals surface area (Å²) in [6, 6.07) is 9.90. The van der Waals surface area contributed by atoms with Crippen LogP contribution in [-0.4, -0.2) is 45.0 Å². The number of benzene rings is 2. The first-order valence-corrected chi connectivity index (χ1v) is 10.5. The molecule has 0 spiro atoms. The van der Waals surface area contributed by atoms with E-state index in [9.17, 15) is 17.6 Å². The molecule has 1 aliphatic rings. The molecule has 1 atom stereocenters. The zero-order chi connectivity index (χ0) is 20.3. The van der Waals surface area contributed by atoms with Crippen molar-refractivity contribution in [2.75, 3.05) is 26.3 Å². The number of ether oxygens (including phenoxy) is 2. The molecule has 6 nitrogen and oxygen atoms in total. The molecule has 9 heteroatoms. The van der Waals surface area contributed by atoms with Crippen LogP contribution in [0.4, 0.5) is 4.39 Å². The Morgan fingerprint density at radius 1 is 1.21 bits per heavy atom. The predicted molar refractivity (Wildman–Crippen MR) is 101 cm³/mol. The molecular formula is C19H19ClFNO5S. The van der Waals surface area contributed by atoms with Gasteiger partial charge in [0.15, 0.2) is 0 Å². The molecule has 28 heavy (non-hydrogen) atoms. The number of carbonyl (C=O) groups is 1. The fourth-order valence-electron chi connectivity index (χ4n) is 2.85. The molecule has 0 aromatic heterocycles. The minimum absolute atomic E-state index is 0.173. The minimum Gasteiger partial charge on any atom is -0.454 e. The van der Waals surface area contributed by atoms with Crippen LogP contribution in [0.15, 0.2) is 47.4 Å². The Labute approximate surface area is 167 Å². The topological polar surface area (TPSA) is 72.9 Å². The van der Waals surface area contributed by atoms with Gasteiger partial charge in [0.25, 0.3) is 0 Å². The number of rotatable bonds is 5. The van der Waals surface area contributed by atoms with Crippen molar-refractivity contribution in [3.05, 3.63) is 64.4 Å². The van der Waals surface area contributed by atoms with E-state index in [0.717, 1.165) is 18.2 Å². The van der Waals surface area contributed by atoms with Crippen LogP contribution in [0.25, 0.3) is 0 Å². The Morgan fingerprint density at radius 3 is 2.57 bits per heavy atom. The van der Waals surface area contributed by atoms with Crippen molar-refractivity contribution in [2.45, 2.75) is 17.9 Å². The lowest BCUT2D eigenvalue weighted by Gasteiger charge is -2.26. The number of morpholine rings is 1. The van der Waals surface area contributed by atoms with Gasteiger partial charge in [-0.1, -0.05) is 29.8 Å². The van der Waals surface area contributed by atoms with Gasteiger partial charge in [-0.05, 0) is 31.2 Å². The highest BCUT2D eigenvalue weighted by Gasteiger charge is 2.28. The summed E-state index contributed by atoms with van der Waals surface area (Å²) < 4.78 is 51.4. The largest absolute Gasteiger partial charge is 0.454 e. The van der Waals surface area contributed by atoms with Crippen molar-refractivity contribution in [3.63, 3.8) is 0 Å². The molecule has 0 saturated carbocycles. The van der Waals surface area contributed by atoms with Crippen molar-refractivity contribution in [3.8, 4) is 0 Å². The van der Waals surface area contributed by atoms with E-state index in [-0.39, 0.29) is 31.2 Å². The molecule has 1 fully saturated rings. The second-order valence-corrected chi connectivity index (χ2v) is 8.57. The first-order valence-electron chi connectivity index (χ1n) is 8.63. The van der Waals surface area contributed by atoms with Crippen LogP contribution in [0.2, 0.25) is 5.02 Å². The maximum atomic E-state index is 14.2. The summed E-state index contributed by atoms with van der Waals surface area (Å²) in [5, 5.41) is 0.409. The second kappa shape index (κ2) is 8.57. The van der Waals surface area contributed by atoms with E-state index >= 15 is 0 Å². The van der Waals surface area contributed by atoms with Gasteiger partial charge in [0.2, 0.25) is 10.0 Å². The lowest BCUT2D eigenvalue weighted by Crippen LogP contribution is -2.40. The van der Waals surface area contributed by atoms with Crippen LogP contribution in [0.3, 0.4) is 0 Å². The Morgan fingerprint density at radius 2 is 1.89 bits per heavy atom. The number of halogens is 2.